The Balaban J connectivity index is 2.25. The van der Waals surface area contributed by atoms with Crippen molar-refractivity contribution in [2.75, 3.05) is 19.6 Å². The molecule has 2 aliphatic rings. The number of amides is 2. The number of nitrogens with one attached hydrogen (secondary N) is 1. The molecule has 2 saturated heterocycles. The van der Waals surface area contributed by atoms with Crippen molar-refractivity contribution in [3.63, 3.8) is 0 Å². The highest BCUT2D eigenvalue weighted by Crippen LogP contribution is 2.28. The maximum absolute atomic E-state index is 11.5. The Labute approximate surface area is 70.9 Å². The van der Waals surface area contributed by atoms with E-state index in [2.05, 4.69) is 5.32 Å². The summed E-state index contributed by atoms with van der Waals surface area (Å²) in [6.45, 7) is 3.70. The third-order valence-corrected chi connectivity index (χ3v) is 2.70. The van der Waals surface area contributed by atoms with Crippen LogP contribution in [0.3, 0.4) is 0 Å². The molecule has 2 heterocycles. The number of nitrogens with zero attached hydrogens (tertiary/aromatic N) is 1. The molecule has 12 heavy (non-hydrogen) atoms. The molecule has 0 aliphatic carbocycles. The molecule has 2 amide bonds. The lowest BCUT2D eigenvalue weighted by atomic mass is 10.00. The zero-order chi connectivity index (χ0) is 8.72. The summed E-state index contributed by atoms with van der Waals surface area (Å²) in [6, 6.07) is 0. The molecule has 0 aromatic carbocycles. The molecule has 0 spiro atoms. The second-order valence-electron chi connectivity index (χ2n) is 3.29. The molecule has 4 heteroatoms. The Morgan fingerprint density at radius 3 is 2.25 bits per heavy atom. The normalized spacial score (nSPS) is 34.6. The van der Waals surface area contributed by atoms with E-state index >= 15 is 0 Å². The van der Waals surface area contributed by atoms with Crippen LogP contribution < -0.4 is 5.32 Å². The monoisotopic (exact) mass is 168 g/mol. The van der Waals surface area contributed by atoms with Gasteiger partial charge in [-0.2, -0.15) is 0 Å². The van der Waals surface area contributed by atoms with Crippen LogP contribution in [0.2, 0.25) is 0 Å². The maximum Gasteiger partial charge on any atom is 0.234 e. The van der Waals surface area contributed by atoms with Gasteiger partial charge < -0.3 is 5.32 Å². The smallest absolute Gasteiger partial charge is 0.234 e. The minimum atomic E-state index is -0.0718. The summed E-state index contributed by atoms with van der Waals surface area (Å²) < 4.78 is 0. The number of hydrogen-bond donors (Lipinski definition) is 1. The summed E-state index contributed by atoms with van der Waals surface area (Å²) in [5.41, 5.74) is 0. The van der Waals surface area contributed by atoms with Crippen molar-refractivity contribution in [3.05, 3.63) is 0 Å². The molecule has 0 bridgehead atoms. The van der Waals surface area contributed by atoms with E-state index in [-0.39, 0.29) is 23.7 Å². The highest BCUT2D eigenvalue weighted by atomic mass is 16.2. The van der Waals surface area contributed by atoms with Gasteiger partial charge in [-0.3, -0.25) is 14.5 Å². The molecule has 1 N–H and O–H groups in total. The number of rotatable bonds is 1. The molecule has 2 atom stereocenters. The van der Waals surface area contributed by atoms with Crippen molar-refractivity contribution < 1.29 is 9.59 Å². The van der Waals surface area contributed by atoms with Crippen LogP contribution in [-0.4, -0.2) is 36.3 Å². The molecule has 0 saturated carbocycles. The Hall–Kier alpha value is -0.900. The first-order valence-electron chi connectivity index (χ1n) is 4.31. The molecule has 0 radical (unpaired) electrons. The second kappa shape index (κ2) is 2.55. The first kappa shape index (κ1) is 7.73. The third kappa shape index (κ3) is 0.813. The fraction of sp³-hybridized carbons (Fsp3) is 0.750. The standard InChI is InChI=1S/C8H12N2O2/c1-2-10-7(11)5-3-9-4-6(5)8(10)12/h5-6,9H,2-4H2,1H3/t5-,6+. The van der Waals surface area contributed by atoms with Crippen LogP contribution in [0.15, 0.2) is 0 Å². The molecule has 2 fully saturated rings. The number of imide groups is 1. The molecule has 2 rings (SSSR count). The zero-order valence-electron chi connectivity index (χ0n) is 7.04. The van der Waals surface area contributed by atoms with Crippen LogP contribution in [0.5, 0.6) is 0 Å². The number of carbonyl (C=O) groups is 2. The van der Waals surface area contributed by atoms with E-state index in [0.717, 1.165) is 0 Å². The first-order valence-corrected chi connectivity index (χ1v) is 4.31. The first-order chi connectivity index (χ1) is 5.75. The number of hydrogen-bond acceptors (Lipinski definition) is 3. The number of carbonyl (C=O) groups excluding carboxylic acids is 2. The van der Waals surface area contributed by atoms with Gasteiger partial charge in [0.1, 0.15) is 0 Å². The average molecular weight is 168 g/mol. The van der Waals surface area contributed by atoms with Crippen LogP contribution in [0.25, 0.3) is 0 Å². The lowest BCUT2D eigenvalue weighted by molar-refractivity contribution is -0.139. The van der Waals surface area contributed by atoms with Crippen molar-refractivity contribution in [1.29, 1.82) is 0 Å². The van der Waals surface area contributed by atoms with Crippen LogP contribution in [0, 0.1) is 11.8 Å². The molecule has 0 aromatic heterocycles. The van der Waals surface area contributed by atoms with Gasteiger partial charge in [0.15, 0.2) is 0 Å². The van der Waals surface area contributed by atoms with Gasteiger partial charge in [0.2, 0.25) is 11.8 Å². The third-order valence-electron chi connectivity index (χ3n) is 2.70. The van der Waals surface area contributed by atoms with Gasteiger partial charge >= 0.3 is 0 Å². The molecule has 66 valence electrons. The number of fused-ring (bicyclic) bond motifs is 1. The van der Waals surface area contributed by atoms with E-state index < -0.39 is 0 Å². The van der Waals surface area contributed by atoms with Crippen LogP contribution in [0.1, 0.15) is 6.92 Å². The van der Waals surface area contributed by atoms with Crippen molar-refractivity contribution in [2.45, 2.75) is 6.92 Å². The fourth-order valence-electron chi connectivity index (χ4n) is 2.02. The molecule has 0 aromatic rings. The largest absolute Gasteiger partial charge is 0.315 e. The van der Waals surface area contributed by atoms with Crippen LogP contribution in [0.4, 0.5) is 0 Å². The Bertz CT molecular complexity index is 217. The van der Waals surface area contributed by atoms with E-state index in [0.29, 0.717) is 19.6 Å². The van der Waals surface area contributed by atoms with Gasteiger partial charge in [-0.15, -0.1) is 0 Å². The molecular formula is C8H12N2O2. The van der Waals surface area contributed by atoms with E-state index in [1.54, 1.807) is 0 Å². The van der Waals surface area contributed by atoms with Crippen LogP contribution >= 0.6 is 0 Å². The van der Waals surface area contributed by atoms with Gasteiger partial charge in [-0.1, -0.05) is 0 Å². The highest BCUT2D eigenvalue weighted by Gasteiger charge is 2.48. The highest BCUT2D eigenvalue weighted by molar-refractivity contribution is 6.05. The zero-order valence-corrected chi connectivity index (χ0v) is 7.04. The van der Waals surface area contributed by atoms with Crippen molar-refractivity contribution in [2.24, 2.45) is 11.8 Å². The van der Waals surface area contributed by atoms with Gasteiger partial charge in [-0.05, 0) is 6.92 Å². The van der Waals surface area contributed by atoms with E-state index in [1.807, 2.05) is 6.92 Å². The van der Waals surface area contributed by atoms with Gasteiger partial charge in [-0.25, -0.2) is 0 Å². The summed E-state index contributed by atoms with van der Waals surface area (Å²) in [5, 5.41) is 3.06. The van der Waals surface area contributed by atoms with E-state index in [4.69, 9.17) is 0 Å². The second-order valence-corrected chi connectivity index (χ2v) is 3.29. The summed E-state index contributed by atoms with van der Waals surface area (Å²) in [4.78, 5) is 24.4. The molecular weight excluding hydrogens is 156 g/mol. The lowest BCUT2D eigenvalue weighted by Crippen LogP contribution is -2.34. The Morgan fingerprint density at radius 1 is 1.33 bits per heavy atom. The van der Waals surface area contributed by atoms with Crippen molar-refractivity contribution in [3.8, 4) is 0 Å². The number of likely N-dealkylation sites (tertiary alicyclic amines) is 1. The molecule has 2 aliphatic heterocycles. The maximum atomic E-state index is 11.5. The predicted molar refractivity (Wildman–Crippen MR) is 42.2 cm³/mol. The minimum absolute atomic E-state index is 0.0116. The predicted octanol–water partition coefficient (Wildman–Crippen LogP) is -0.789. The summed E-state index contributed by atoms with van der Waals surface area (Å²) in [6.07, 6.45) is 0. The minimum Gasteiger partial charge on any atom is -0.315 e. The lowest BCUT2D eigenvalue weighted by Gasteiger charge is -2.12. The fourth-order valence-corrected chi connectivity index (χ4v) is 2.02. The van der Waals surface area contributed by atoms with Crippen molar-refractivity contribution in [1.82, 2.24) is 10.2 Å². The SMILES string of the molecule is CCN1C(=O)[C@H]2CNC[C@H]2C1=O. The van der Waals surface area contributed by atoms with Gasteiger partial charge in [0, 0.05) is 19.6 Å². The van der Waals surface area contributed by atoms with Gasteiger partial charge in [0.05, 0.1) is 11.8 Å². The Kier molecular flexibility index (Phi) is 1.65. The summed E-state index contributed by atoms with van der Waals surface area (Å²) in [5.74, 6) is -0.120. The van der Waals surface area contributed by atoms with Crippen LogP contribution in [-0.2, 0) is 9.59 Å². The van der Waals surface area contributed by atoms with Gasteiger partial charge in [0.25, 0.3) is 0 Å². The molecule has 0 unspecified atom stereocenters. The summed E-state index contributed by atoms with van der Waals surface area (Å²) in [7, 11) is 0. The molecule has 4 nitrogen and oxygen atoms in total. The topological polar surface area (TPSA) is 49.4 Å². The van der Waals surface area contributed by atoms with E-state index in [9.17, 15) is 9.59 Å². The summed E-state index contributed by atoms with van der Waals surface area (Å²) >= 11 is 0. The quantitative estimate of drug-likeness (QED) is 0.522. The Morgan fingerprint density at radius 2 is 1.83 bits per heavy atom. The van der Waals surface area contributed by atoms with E-state index in [1.165, 1.54) is 4.90 Å². The van der Waals surface area contributed by atoms with Crippen molar-refractivity contribution >= 4 is 11.8 Å². The average Bonchev–Trinajstić information content (AvgIpc) is 2.58.